The number of nitrogens with zero attached hydrogens (tertiary/aromatic N) is 2. The Balaban J connectivity index is 1.81. The van der Waals surface area contributed by atoms with Gasteiger partial charge in [0.2, 0.25) is 0 Å². The summed E-state index contributed by atoms with van der Waals surface area (Å²) in [6, 6.07) is 13.6. The number of hydrogen-bond acceptors (Lipinski definition) is 4. The van der Waals surface area contributed by atoms with Crippen LogP contribution in [0.3, 0.4) is 0 Å². The molecule has 1 aliphatic rings. The first-order chi connectivity index (χ1) is 12.6. The predicted octanol–water partition coefficient (Wildman–Crippen LogP) is 3.58. The van der Waals surface area contributed by atoms with Crippen LogP contribution < -0.4 is 10.4 Å². The van der Waals surface area contributed by atoms with Gasteiger partial charge >= 0.3 is 5.69 Å². The van der Waals surface area contributed by atoms with E-state index in [1.807, 2.05) is 56.3 Å². The zero-order valence-corrected chi connectivity index (χ0v) is 14.4. The number of nitrogens with one attached hydrogen (secondary N) is 1. The van der Waals surface area contributed by atoms with E-state index in [0.717, 1.165) is 39.2 Å². The van der Waals surface area contributed by atoms with Crippen molar-refractivity contribution in [3.63, 3.8) is 0 Å². The minimum Gasteiger partial charge on any atom is -0.488 e. The number of ether oxygens (including phenoxy) is 1. The Hall–Kier alpha value is -3.28. The monoisotopic (exact) mass is 347 g/mol. The van der Waals surface area contributed by atoms with Crippen molar-refractivity contribution >= 4 is 11.0 Å². The zero-order chi connectivity index (χ0) is 17.8. The van der Waals surface area contributed by atoms with Gasteiger partial charge in [0.1, 0.15) is 17.9 Å². The van der Waals surface area contributed by atoms with Crippen LogP contribution in [0.25, 0.3) is 22.2 Å². The van der Waals surface area contributed by atoms with Gasteiger partial charge in [0.05, 0.1) is 22.8 Å². The first-order valence-corrected chi connectivity index (χ1v) is 8.53. The molecule has 1 N–H and O–H groups in total. The van der Waals surface area contributed by atoms with E-state index in [2.05, 4.69) is 10.1 Å². The summed E-state index contributed by atoms with van der Waals surface area (Å²) in [6.07, 6.45) is 0. The molecule has 130 valence electrons. The second-order valence-electron chi connectivity index (χ2n) is 6.58. The minimum atomic E-state index is -0.162. The first-order valence-electron chi connectivity index (χ1n) is 8.53. The van der Waals surface area contributed by atoms with Crippen LogP contribution in [0.1, 0.15) is 23.1 Å². The normalized spacial score (nSPS) is 16.0. The molecule has 0 fully saturated rings. The summed E-state index contributed by atoms with van der Waals surface area (Å²) >= 11 is 0. The quantitative estimate of drug-likeness (QED) is 0.601. The van der Waals surface area contributed by atoms with Crippen molar-refractivity contribution in [3.05, 3.63) is 70.0 Å². The van der Waals surface area contributed by atoms with Crippen molar-refractivity contribution in [2.24, 2.45) is 0 Å². The van der Waals surface area contributed by atoms with Crippen LogP contribution in [0.5, 0.6) is 5.75 Å². The molecule has 0 aliphatic carbocycles. The molecule has 1 aliphatic heterocycles. The fourth-order valence-corrected chi connectivity index (χ4v) is 3.85. The van der Waals surface area contributed by atoms with Crippen LogP contribution >= 0.6 is 0 Å². The molecule has 0 saturated carbocycles. The van der Waals surface area contributed by atoms with Crippen LogP contribution in [0, 0.1) is 13.8 Å². The lowest BCUT2D eigenvalue weighted by atomic mass is 10.00. The van der Waals surface area contributed by atoms with Crippen LogP contribution in [0.4, 0.5) is 0 Å². The summed E-state index contributed by atoms with van der Waals surface area (Å²) in [6.45, 7) is 4.18. The highest BCUT2D eigenvalue weighted by molar-refractivity contribution is 5.92. The van der Waals surface area contributed by atoms with Gasteiger partial charge in [-0.1, -0.05) is 35.5 Å². The molecule has 0 amide bonds. The molecule has 2 aromatic heterocycles. The number of hydrogen-bond donors (Lipinski definition) is 1. The topological polar surface area (TPSA) is 73.0 Å². The maximum absolute atomic E-state index is 12.7. The molecule has 1 atom stereocenters. The maximum Gasteiger partial charge on any atom is 0.327 e. The number of rotatable bonds is 2. The van der Waals surface area contributed by atoms with Crippen molar-refractivity contribution in [3.8, 4) is 16.9 Å². The van der Waals surface area contributed by atoms with Crippen LogP contribution in [0.15, 0.2) is 51.8 Å². The third-order valence-corrected chi connectivity index (χ3v) is 5.02. The number of H-pyrrole nitrogens is 1. The van der Waals surface area contributed by atoms with E-state index in [9.17, 15) is 4.79 Å². The highest BCUT2D eigenvalue weighted by Crippen LogP contribution is 2.42. The SMILES string of the molecule is Cc1noc(C)c1-c1ccc2[nH]c(=O)n3c2c1OC[C@@H]3c1ccccc1. The summed E-state index contributed by atoms with van der Waals surface area (Å²) < 4.78 is 13.3. The largest absolute Gasteiger partial charge is 0.488 e. The third-order valence-electron chi connectivity index (χ3n) is 5.02. The van der Waals surface area contributed by atoms with Gasteiger partial charge < -0.3 is 14.2 Å². The highest BCUT2D eigenvalue weighted by Gasteiger charge is 2.30. The van der Waals surface area contributed by atoms with Crippen molar-refractivity contribution in [1.82, 2.24) is 14.7 Å². The average molecular weight is 347 g/mol. The van der Waals surface area contributed by atoms with Gasteiger partial charge in [0, 0.05) is 5.56 Å². The number of imidazole rings is 1. The first kappa shape index (κ1) is 15.0. The predicted molar refractivity (Wildman–Crippen MR) is 97.6 cm³/mol. The van der Waals surface area contributed by atoms with E-state index in [0.29, 0.717) is 12.4 Å². The summed E-state index contributed by atoms with van der Waals surface area (Å²) in [5.41, 5.74) is 5.08. The van der Waals surface area contributed by atoms with Gasteiger partial charge in [0.15, 0.2) is 5.75 Å². The standard InChI is InChI=1S/C20H17N3O3/c1-11-17(12(2)26-22-11)14-8-9-15-18-19(14)25-10-16(23(18)20(24)21-15)13-6-4-3-5-7-13/h3-9,16H,10H2,1-2H3,(H,21,24)/t16-/m1/s1. The molecule has 4 aromatic rings. The minimum absolute atomic E-state index is 0.130. The highest BCUT2D eigenvalue weighted by atomic mass is 16.5. The van der Waals surface area contributed by atoms with Gasteiger partial charge in [-0.3, -0.25) is 4.57 Å². The average Bonchev–Trinajstić information content (AvgIpc) is 3.17. The second kappa shape index (κ2) is 5.36. The summed E-state index contributed by atoms with van der Waals surface area (Å²) in [5.74, 6) is 1.43. The van der Waals surface area contributed by atoms with Gasteiger partial charge in [-0.15, -0.1) is 0 Å². The van der Waals surface area contributed by atoms with Crippen LogP contribution in [-0.4, -0.2) is 21.3 Å². The molecule has 3 heterocycles. The summed E-state index contributed by atoms with van der Waals surface area (Å²) in [5, 5.41) is 4.05. The Morgan fingerprint density at radius 3 is 2.69 bits per heavy atom. The summed E-state index contributed by atoms with van der Waals surface area (Å²) in [4.78, 5) is 15.6. The molecule has 0 bridgehead atoms. The van der Waals surface area contributed by atoms with Crippen LogP contribution in [0.2, 0.25) is 0 Å². The van der Waals surface area contributed by atoms with Crippen LogP contribution in [-0.2, 0) is 0 Å². The molecular formula is C20H17N3O3. The van der Waals surface area contributed by atoms with E-state index in [1.54, 1.807) is 4.57 Å². The maximum atomic E-state index is 12.7. The molecular weight excluding hydrogens is 330 g/mol. The van der Waals surface area contributed by atoms with Gasteiger partial charge in [-0.25, -0.2) is 4.79 Å². The molecule has 5 rings (SSSR count). The Kier molecular flexibility index (Phi) is 3.09. The number of aryl methyl sites for hydroxylation is 2. The second-order valence-corrected chi connectivity index (χ2v) is 6.58. The third kappa shape index (κ3) is 1.98. The van der Waals surface area contributed by atoms with Crippen molar-refractivity contribution in [2.45, 2.75) is 19.9 Å². The van der Waals surface area contributed by atoms with Gasteiger partial charge in [-0.05, 0) is 31.5 Å². The number of benzene rings is 2. The smallest absolute Gasteiger partial charge is 0.327 e. The van der Waals surface area contributed by atoms with E-state index >= 15 is 0 Å². The summed E-state index contributed by atoms with van der Waals surface area (Å²) in [7, 11) is 0. The fourth-order valence-electron chi connectivity index (χ4n) is 3.85. The molecule has 0 saturated heterocycles. The lowest BCUT2D eigenvalue weighted by Crippen LogP contribution is -2.30. The Bertz CT molecular complexity index is 1160. The molecule has 26 heavy (non-hydrogen) atoms. The molecule has 0 radical (unpaired) electrons. The lowest BCUT2D eigenvalue weighted by Gasteiger charge is -2.27. The molecule has 6 nitrogen and oxygen atoms in total. The van der Waals surface area contributed by atoms with E-state index in [4.69, 9.17) is 9.26 Å². The van der Waals surface area contributed by atoms with Gasteiger partial charge in [-0.2, -0.15) is 0 Å². The Morgan fingerprint density at radius 2 is 1.96 bits per heavy atom. The molecule has 2 aromatic carbocycles. The zero-order valence-electron chi connectivity index (χ0n) is 14.4. The van der Waals surface area contributed by atoms with Crippen molar-refractivity contribution in [2.75, 3.05) is 6.61 Å². The van der Waals surface area contributed by atoms with E-state index < -0.39 is 0 Å². The number of aromatic amines is 1. The van der Waals surface area contributed by atoms with E-state index in [-0.39, 0.29) is 11.7 Å². The fraction of sp³-hybridized carbons (Fsp3) is 0.200. The van der Waals surface area contributed by atoms with Crippen molar-refractivity contribution < 1.29 is 9.26 Å². The number of aromatic nitrogens is 3. The molecule has 0 unspecified atom stereocenters. The van der Waals surface area contributed by atoms with E-state index in [1.165, 1.54) is 0 Å². The van der Waals surface area contributed by atoms with Gasteiger partial charge in [0.25, 0.3) is 0 Å². The lowest BCUT2D eigenvalue weighted by molar-refractivity contribution is 0.257. The Morgan fingerprint density at radius 1 is 1.15 bits per heavy atom. The van der Waals surface area contributed by atoms with Crippen molar-refractivity contribution in [1.29, 1.82) is 0 Å². The molecule has 0 spiro atoms. The Labute approximate surface area is 149 Å². The molecule has 6 heteroatoms.